The Hall–Kier alpha value is 0.0200. The van der Waals surface area contributed by atoms with Crippen molar-refractivity contribution in [1.29, 1.82) is 0 Å². The average molecular weight is 301 g/mol. The van der Waals surface area contributed by atoms with Crippen LogP contribution < -0.4 is 5.32 Å². The number of methoxy groups -OCH3 is 1. The smallest absolute Gasteiger partial charge is 0.383 e. The molecule has 0 bridgehead atoms. The third-order valence-corrected chi connectivity index (χ3v) is 4.02. The van der Waals surface area contributed by atoms with Gasteiger partial charge >= 0.3 is 5.51 Å². The lowest BCUT2D eigenvalue weighted by Crippen LogP contribution is -2.42. The molecule has 0 radical (unpaired) electrons. The summed E-state index contributed by atoms with van der Waals surface area (Å²) in [4.78, 5) is 0. The standard InChI is InChI=1S/C12H22F3NO2S/c1-17-7-5-16-9-11(3-2-6-18-10-11)4-8-19-12(13,14)15/h16H,2-10H2,1H3. The van der Waals surface area contributed by atoms with Crippen molar-refractivity contribution in [1.82, 2.24) is 5.32 Å². The second-order valence-electron chi connectivity index (χ2n) is 4.87. The van der Waals surface area contributed by atoms with Crippen LogP contribution in [0.3, 0.4) is 0 Å². The van der Waals surface area contributed by atoms with Gasteiger partial charge in [0.05, 0.1) is 13.2 Å². The van der Waals surface area contributed by atoms with E-state index in [1.807, 2.05) is 0 Å². The number of thioether (sulfide) groups is 1. The average Bonchev–Trinajstić information content (AvgIpc) is 2.34. The van der Waals surface area contributed by atoms with E-state index in [-0.39, 0.29) is 22.9 Å². The Bertz CT molecular complexity index is 246. The van der Waals surface area contributed by atoms with E-state index in [0.717, 1.165) is 12.8 Å². The zero-order valence-electron chi connectivity index (χ0n) is 11.2. The molecule has 1 rings (SSSR count). The Morgan fingerprint density at radius 1 is 1.42 bits per heavy atom. The van der Waals surface area contributed by atoms with Gasteiger partial charge in [-0.2, -0.15) is 13.2 Å². The quantitative estimate of drug-likeness (QED) is 0.698. The third-order valence-electron chi connectivity index (χ3n) is 3.29. The van der Waals surface area contributed by atoms with Crippen LogP contribution in [0.5, 0.6) is 0 Å². The summed E-state index contributed by atoms with van der Waals surface area (Å²) in [5.74, 6) is 0.0960. The molecule has 114 valence electrons. The van der Waals surface area contributed by atoms with Crippen LogP contribution in [0.1, 0.15) is 19.3 Å². The third kappa shape index (κ3) is 7.39. The van der Waals surface area contributed by atoms with Crippen LogP contribution in [-0.2, 0) is 9.47 Å². The van der Waals surface area contributed by atoms with Crippen LogP contribution in [0, 0.1) is 5.41 Å². The second kappa shape index (κ2) is 8.34. The molecule has 1 aliphatic rings. The fourth-order valence-electron chi connectivity index (χ4n) is 2.25. The van der Waals surface area contributed by atoms with Crippen molar-refractivity contribution in [2.75, 3.05) is 45.8 Å². The first-order valence-electron chi connectivity index (χ1n) is 6.46. The molecule has 0 spiro atoms. The summed E-state index contributed by atoms with van der Waals surface area (Å²) in [6.07, 6.45) is 2.37. The molecular formula is C12H22F3NO2S. The highest BCUT2D eigenvalue weighted by Crippen LogP contribution is 2.37. The summed E-state index contributed by atoms with van der Waals surface area (Å²) in [5.41, 5.74) is -4.30. The largest absolute Gasteiger partial charge is 0.441 e. The van der Waals surface area contributed by atoms with Gasteiger partial charge in [0.15, 0.2) is 0 Å². The van der Waals surface area contributed by atoms with Crippen molar-refractivity contribution in [2.24, 2.45) is 5.41 Å². The molecule has 0 amide bonds. The number of rotatable bonds is 8. The number of hydrogen-bond donors (Lipinski definition) is 1. The van der Waals surface area contributed by atoms with Crippen molar-refractivity contribution in [3.8, 4) is 0 Å². The number of ether oxygens (including phenoxy) is 2. The molecule has 19 heavy (non-hydrogen) atoms. The highest BCUT2D eigenvalue weighted by molar-refractivity contribution is 8.00. The van der Waals surface area contributed by atoms with Crippen LogP contribution in [0.2, 0.25) is 0 Å². The summed E-state index contributed by atoms with van der Waals surface area (Å²) in [6, 6.07) is 0. The number of halogens is 3. The topological polar surface area (TPSA) is 30.5 Å². The number of nitrogens with one attached hydrogen (secondary N) is 1. The summed E-state index contributed by atoms with van der Waals surface area (Å²) in [7, 11) is 1.63. The molecule has 0 aliphatic carbocycles. The molecule has 0 saturated carbocycles. The molecule has 0 aromatic rings. The van der Waals surface area contributed by atoms with E-state index < -0.39 is 5.51 Å². The summed E-state index contributed by atoms with van der Waals surface area (Å²) >= 11 is 0.0615. The predicted octanol–water partition coefficient (Wildman–Crippen LogP) is 2.66. The Labute approximate surface area is 116 Å². The molecule has 1 saturated heterocycles. The first-order chi connectivity index (χ1) is 8.97. The van der Waals surface area contributed by atoms with E-state index in [4.69, 9.17) is 9.47 Å². The van der Waals surface area contributed by atoms with Gasteiger partial charge in [-0.3, -0.25) is 0 Å². The first-order valence-corrected chi connectivity index (χ1v) is 7.44. The molecule has 1 heterocycles. The highest BCUT2D eigenvalue weighted by atomic mass is 32.2. The Balaban J connectivity index is 2.36. The summed E-state index contributed by atoms with van der Waals surface area (Å²) < 4.78 is 47.0. The second-order valence-corrected chi connectivity index (χ2v) is 6.03. The van der Waals surface area contributed by atoms with Gasteiger partial charge in [0.2, 0.25) is 0 Å². The maximum atomic E-state index is 12.2. The Morgan fingerprint density at radius 3 is 2.79 bits per heavy atom. The van der Waals surface area contributed by atoms with E-state index in [2.05, 4.69) is 5.32 Å². The van der Waals surface area contributed by atoms with E-state index in [9.17, 15) is 13.2 Å². The minimum Gasteiger partial charge on any atom is -0.383 e. The molecule has 1 fully saturated rings. The van der Waals surface area contributed by atoms with Crippen molar-refractivity contribution in [3.05, 3.63) is 0 Å². The summed E-state index contributed by atoms with van der Waals surface area (Å²) in [5, 5.41) is 3.25. The van der Waals surface area contributed by atoms with Gasteiger partial charge in [0.1, 0.15) is 0 Å². The molecule has 0 aromatic heterocycles. The van der Waals surface area contributed by atoms with Crippen LogP contribution in [-0.4, -0.2) is 51.3 Å². The van der Waals surface area contributed by atoms with E-state index in [0.29, 0.717) is 39.3 Å². The summed E-state index contributed by atoms with van der Waals surface area (Å²) in [6.45, 7) is 3.27. The van der Waals surface area contributed by atoms with Gasteiger partial charge in [-0.1, -0.05) is 11.8 Å². The zero-order valence-corrected chi connectivity index (χ0v) is 12.0. The lowest BCUT2D eigenvalue weighted by Gasteiger charge is -2.37. The minimum absolute atomic E-state index is 0.0615. The maximum absolute atomic E-state index is 12.2. The molecule has 1 atom stereocenters. The van der Waals surface area contributed by atoms with Gasteiger partial charge in [-0.15, -0.1) is 0 Å². The molecule has 3 nitrogen and oxygen atoms in total. The van der Waals surface area contributed by atoms with E-state index >= 15 is 0 Å². The molecule has 7 heteroatoms. The lowest BCUT2D eigenvalue weighted by molar-refractivity contribution is -0.0338. The molecular weight excluding hydrogens is 279 g/mol. The van der Waals surface area contributed by atoms with Crippen molar-refractivity contribution in [3.63, 3.8) is 0 Å². The minimum atomic E-state index is -4.14. The number of alkyl halides is 3. The van der Waals surface area contributed by atoms with Gasteiger partial charge < -0.3 is 14.8 Å². The van der Waals surface area contributed by atoms with Gasteiger partial charge in [0, 0.05) is 38.0 Å². The lowest BCUT2D eigenvalue weighted by atomic mass is 9.80. The predicted molar refractivity (Wildman–Crippen MR) is 70.4 cm³/mol. The molecule has 1 unspecified atom stereocenters. The highest BCUT2D eigenvalue weighted by Gasteiger charge is 2.35. The van der Waals surface area contributed by atoms with Crippen molar-refractivity contribution < 1.29 is 22.6 Å². The molecule has 1 N–H and O–H groups in total. The normalized spacial score (nSPS) is 24.6. The van der Waals surface area contributed by atoms with E-state index in [1.54, 1.807) is 7.11 Å². The fraction of sp³-hybridized carbons (Fsp3) is 1.00. The van der Waals surface area contributed by atoms with Crippen LogP contribution >= 0.6 is 11.8 Å². The molecule has 0 aromatic carbocycles. The maximum Gasteiger partial charge on any atom is 0.441 e. The SMILES string of the molecule is COCCNCC1(CCSC(F)(F)F)CCCOC1. The number of hydrogen-bond acceptors (Lipinski definition) is 4. The van der Waals surface area contributed by atoms with Crippen molar-refractivity contribution in [2.45, 2.75) is 24.8 Å². The molecule has 1 aliphatic heterocycles. The van der Waals surface area contributed by atoms with Gasteiger partial charge in [-0.25, -0.2) is 0 Å². The van der Waals surface area contributed by atoms with Crippen LogP contribution in [0.25, 0.3) is 0 Å². The fourth-order valence-corrected chi connectivity index (χ4v) is 3.01. The van der Waals surface area contributed by atoms with Gasteiger partial charge in [0.25, 0.3) is 0 Å². The van der Waals surface area contributed by atoms with Crippen molar-refractivity contribution >= 4 is 11.8 Å². The van der Waals surface area contributed by atoms with Gasteiger partial charge in [-0.05, 0) is 19.3 Å². The van der Waals surface area contributed by atoms with E-state index in [1.165, 1.54) is 0 Å². The Kier molecular flexibility index (Phi) is 7.49. The monoisotopic (exact) mass is 301 g/mol. The zero-order chi connectivity index (χ0) is 14.2. The van der Waals surface area contributed by atoms with Crippen LogP contribution in [0.15, 0.2) is 0 Å². The van der Waals surface area contributed by atoms with Crippen LogP contribution in [0.4, 0.5) is 13.2 Å². The first kappa shape index (κ1) is 17.1. The Morgan fingerprint density at radius 2 is 2.21 bits per heavy atom.